The first-order chi connectivity index (χ1) is 15.5. The number of hydrogen-bond donors (Lipinski definition) is 1. The van der Waals surface area contributed by atoms with Crippen LogP contribution in [0.5, 0.6) is 11.5 Å². The van der Waals surface area contributed by atoms with Gasteiger partial charge in [-0.2, -0.15) is 4.31 Å². The van der Waals surface area contributed by atoms with E-state index in [1.54, 1.807) is 13.2 Å². The SMILES string of the molecule is COc1ccccc1OCCNC(=O)C1CCN(S(=O)(=O)c2ccc3c(c2)CCC3)CC1. The maximum Gasteiger partial charge on any atom is 0.243 e. The Bertz CT molecular complexity index is 1060. The summed E-state index contributed by atoms with van der Waals surface area (Å²) in [5.74, 6) is 1.04. The monoisotopic (exact) mass is 458 g/mol. The molecule has 172 valence electrons. The van der Waals surface area contributed by atoms with E-state index in [-0.39, 0.29) is 11.8 Å². The molecular formula is C24H30N2O5S. The molecule has 4 rings (SSSR count). The van der Waals surface area contributed by atoms with Gasteiger partial charge < -0.3 is 14.8 Å². The van der Waals surface area contributed by atoms with Crippen LogP contribution in [0.1, 0.15) is 30.4 Å². The van der Waals surface area contributed by atoms with Crippen LogP contribution in [0.2, 0.25) is 0 Å². The molecule has 7 nitrogen and oxygen atoms in total. The molecule has 0 aromatic heterocycles. The Morgan fingerprint density at radius 1 is 1.06 bits per heavy atom. The number of aryl methyl sites for hydroxylation is 2. The third kappa shape index (κ3) is 4.91. The lowest BCUT2D eigenvalue weighted by Crippen LogP contribution is -2.43. The van der Waals surface area contributed by atoms with Crippen molar-refractivity contribution < 1.29 is 22.7 Å². The number of piperidine rings is 1. The van der Waals surface area contributed by atoms with Gasteiger partial charge in [0.2, 0.25) is 15.9 Å². The van der Waals surface area contributed by atoms with Crippen LogP contribution in [0.3, 0.4) is 0 Å². The van der Waals surface area contributed by atoms with Crippen molar-refractivity contribution in [2.75, 3.05) is 33.4 Å². The summed E-state index contributed by atoms with van der Waals surface area (Å²) in [7, 11) is -1.94. The van der Waals surface area contributed by atoms with Crippen LogP contribution in [-0.2, 0) is 27.7 Å². The van der Waals surface area contributed by atoms with Crippen molar-refractivity contribution >= 4 is 15.9 Å². The first-order valence-electron chi connectivity index (χ1n) is 11.1. The highest BCUT2D eigenvalue weighted by Crippen LogP contribution is 2.29. The normalized spacial score (nSPS) is 17.0. The molecule has 0 saturated carbocycles. The number of nitrogens with one attached hydrogen (secondary N) is 1. The number of hydrogen-bond acceptors (Lipinski definition) is 5. The second-order valence-corrected chi connectivity index (χ2v) is 10.2. The van der Waals surface area contributed by atoms with Gasteiger partial charge in [-0.3, -0.25) is 4.79 Å². The van der Waals surface area contributed by atoms with Crippen LogP contribution in [0, 0.1) is 5.92 Å². The van der Waals surface area contributed by atoms with Crippen molar-refractivity contribution in [3.05, 3.63) is 53.6 Å². The van der Waals surface area contributed by atoms with Gasteiger partial charge in [0.05, 0.1) is 18.6 Å². The molecule has 0 unspecified atom stereocenters. The Labute approximate surface area is 189 Å². The van der Waals surface area contributed by atoms with Gasteiger partial charge in [0, 0.05) is 19.0 Å². The van der Waals surface area contributed by atoms with Crippen molar-refractivity contribution in [1.82, 2.24) is 9.62 Å². The van der Waals surface area contributed by atoms with Crippen LogP contribution in [0.25, 0.3) is 0 Å². The summed E-state index contributed by atoms with van der Waals surface area (Å²) >= 11 is 0. The van der Waals surface area contributed by atoms with Gasteiger partial charge >= 0.3 is 0 Å². The van der Waals surface area contributed by atoms with Crippen molar-refractivity contribution in [3.8, 4) is 11.5 Å². The van der Waals surface area contributed by atoms with Crippen LogP contribution in [0.15, 0.2) is 47.4 Å². The highest BCUT2D eigenvalue weighted by Gasteiger charge is 2.32. The highest BCUT2D eigenvalue weighted by molar-refractivity contribution is 7.89. The van der Waals surface area contributed by atoms with Crippen LogP contribution in [-0.4, -0.2) is 52.0 Å². The largest absolute Gasteiger partial charge is 0.493 e. The number of sulfonamides is 1. The molecule has 0 bridgehead atoms. The maximum atomic E-state index is 13.1. The number of carbonyl (C=O) groups excluding carboxylic acids is 1. The van der Waals surface area contributed by atoms with E-state index in [9.17, 15) is 13.2 Å². The number of benzene rings is 2. The maximum absolute atomic E-state index is 13.1. The second kappa shape index (κ2) is 9.92. The molecule has 2 aromatic carbocycles. The molecule has 1 saturated heterocycles. The zero-order chi connectivity index (χ0) is 22.6. The molecule has 0 radical (unpaired) electrons. The lowest BCUT2D eigenvalue weighted by atomic mass is 9.97. The molecule has 1 aliphatic carbocycles. The van der Waals surface area contributed by atoms with E-state index in [2.05, 4.69) is 5.32 Å². The lowest BCUT2D eigenvalue weighted by molar-refractivity contribution is -0.126. The minimum absolute atomic E-state index is 0.0526. The Hall–Kier alpha value is -2.58. The minimum atomic E-state index is -3.52. The Morgan fingerprint density at radius 3 is 2.53 bits per heavy atom. The fourth-order valence-electron chi connectivity index (χ4n) is 4.43. The number of fused-ring (bicyclic) bond motifs is 1. The number of nitrogens with zero attached hydrogens (tertiary/aromatic N) is 1. The minimum Gasteiger partial charge on any atom is -0.493 e. The van der Waals surface area contributed by atoms with Crippen molar-refractivity contribution in [1.29, 1.82) is 0 Å². The van der Waals surface area contributed by atoms with Crippen LogP contribution in [0.4, 0.5) is 0 Å². The topological polar surface area (TPSA) is 84.9 Å². The molecule has 2 aliphatic rings. The van der Waals surface area contributed by atoms with Crippen LogP contribution < -0.4 is 14.8 Å². The predicted molar refractivity (Wildman–Crippen MR) is 121 cm³/mol. The molecule has 8 heteroatoms. The number of carbonyl (C=O) groups is 1. The molecule has 1 aliphatic heterocycles. The van der Waals surface area contributed by atoms with Gasteiger partial charge in [0.1, 0.15) is 6.61 Å². The zero-order valence-corrected chi connectivity index (χ0v) is 19.2. The average molecular weight is 459 g/mol. The van der Waals surface area contributed by atoms with E-state index < -0.39 is 10.0 Å². The molecule has 0 atom stereocenters. The summed E-state index contributed by atoms with van der Waals surface area (Å²) in [5, 5.41) is 2.90. The first kappa shape index (κ1) is 22.6. The van der Waals surface area contributed by atoms with E-state index >= 15 is 0 Å². The van der Waals surface area contributed by atoms with Crippen molar-refractivity contribution in [3.63, 3.8) is 0 Å². The smallest absolute Gasteiger partial charge is 0.243 e. The first-order valence-corrected chi connectivity index (χ1v) is 12.6. The van der Waals surface area contributed by atoms with Gasteiger partial charge in [-0.25, -0.2) is 8.42 Å². The fraction of sp³-hybridized carbons (Fsp3) is 0.458. The Balaban J connectivity index is 1.24. The molecular weight excluding hydrogens is 428 g/mol. The standard InChI is InChI=1S/C24H30N2O5S/c1-30-22-7-2-3-8-23(22)31-16-13-25-24(27)19-11-14-26(15-12-19)32(28,29)21-10-9-18-5-4-6-20(18)17-21/h2-3,7-10,17,19H,4-6,11-16H2,1H3,(H,25,27). The summed E-state index contributed by atoms with van der Waals surface area (Å²) in [4.78, 5) is 12.9. The van der Waals surface area contributed by atoms with Gasteiger partial charge in [-0.15, -0.1) is 0 Å². The second-order valence-electron chi connectivity index (χ2n) is 8.25. The molecule has 1 heterocycles. The Morgan fingerprint density at radius 2 is 1.78 bits per heavy atom. The summed E-state index contributed by atoms with van der Waals surface area (Å²) in [6, 6.07) is 12.9. The number of rotatable bonds is 8. The zero-order valence-electron chi connectivity index (χ0n) is 18.4. The molecule has 0 spiro atoms. The van der Waals surface area contributed by atoms with Gasteiger partial charge in [0.15, 0.2) is 11.5 Å². The van der Waals surface area contributed by atoms with E-state index in [0.29, 0.717) is 55.5 Å². The number of methoxy groups -OCH3 is 1. The van der Waals surface area contributed by atoms with Crippen molar-refractivity contribution in [2.45, 2.75) is 37.0 Å². The number of amides is 1. The van der Waals surface area contributed by atoms with Gasteiger partial charge in [-0.05, 0) is 67.5 Å². The lowest BCUT2D eigenvalue weighted by Gasteiger charge is -2.30. The number of para-hydroxylation sites is 2. The summed E-state index contributed by atoms with van der Waals surface area (Å²) in [6.45, 7) is 1.42. The molecule has 1 amide bonds. The van der Waals surface area contributed by atoms with E-state index in [4.69, 9.17) is 9.47 Å². The predicted octanol–water partition coefficient (Wildman–Crippen LogP) is 2.78. The third-order valence-electron chi connectivity index (χ3n) is 6.26. The highest BCUT2D eigenvalue weighted by atomic mass is 32.2. The van der Waals surface area contributed by atoms with Gasteiger partial charge in [0.25, 0.3) is 0 Å². The van der Waals surface area contributed by atoms with Crippen LogP contribution >= 0.6 is 0 Å². The fourth-order valence-corrected chi connectivity index (χ4v) is 5.95. The van der Waals surface area contributed by atoms with Gasteiger partial charge in [-0.1, -0.05) is 18.2 Å². The van der Waals surface area contributed by atoms with E-state index in [1.807, 2.05) is 36.4 Å². The quantitative estimate of drug-likeness (QED) is 0.615. The molecule has 2 aromatic rings. The average Bonchev–Trinajstić information content (AvgIpc) is 3.30. The molecule has 32 heavy (non-hydrogen) atoms. The summed E-state index contributed by atoms with van der Waals surface area (Å²) in [6.07, 6.45) is 4.10. The van der Waals surface area contributed by atoms with Crippen molar-refractivity contribution in [2.24, 2.45) is 5.92 Å². The van der Waals surface area contributed by atoms with E-state index in [0.717, 1.165) is 24.8 Å². The molecule has 1 fully saturated rings. The summed E-state index contributed by atoms with van der Waals surface area (Å²) in [5.41, 5.74) is 2.41. The van der Waals surface area contributed by atoms with E-state index in [1.165, 1.54) is 9.87 Å². The number of ether oxygens (including phenoxy) is 2. The summed E-state index contributed by atoms with van der Waals surface area (Å²) < 4.78 is 38.6. The molecule has 1 N–H and O–H groups in total. The Kier molecular flexibility index (Phi) is 7.01. The third-order valence-corrected chi connectivity index (χ3v) is 8.16.